The molecular formula is C7H5FN2. The molecular weight excluding hydrogens is 131 g/mol. The standard InChI is InChI=1S/C7H5FN2/c8-7(9-10-7)6-4-2-1-3-5-6/h1-5H. The Hall–Kier alpha value is -1.25. The molecule has 1 aliphatic rings. The van der Waals surface area contributed by atoms with E-state index >= 15 is 0 Å². The molecule has 1 aliphatic heterocycles. The Morgan fingerprint density at radius 2 is 1.70 bits per heavy atom. The van der Waals surface area contributed by atoms with Crippen molar-refractivity contribution >= 4 is 0 Å². The first-order valence-corrected chi connectivity index (χ1v) is 3.00. The lowest BCUT2D eigenvalue weighted by Gasteiger charge is -1.96. The van der Waals surface area contributed by atoms with Crippen molar-refractivity contribution in [3.05, 3.63) is 35.9 Å². The summed E-state index contributed by atoms with van der Waals surface area (Å²) in [6, 6.07) is 8.69. The molecule has 1 aromatic rings. The molecule has 0 spiro atoms. The van der Waals surface area contributed by atoms with Gasteiger partial charge in [0.2, 0.25) is 0 Å². The maximum atomic E-state index is 12.9. The monoisotopic (exact) mass is 136 g/mol. The average Bonchev–Trinajstić information content (AvgIpc) is 2.72. The molecule has 50 valence electrons. The summed E-state index contributed by atoms with van der Waals surface area (Å²) in [5.74, 6) is -1.71. The summed E-state index contributed by atoms with van der Waals surface area (Å²) in [5, 5.41) is 6.53. The number of nitrogens with zero attached hydrogens (tertiary/aromatic N) is 2. The van der Waals surface area contributed by atoms with Crippen LogP contribution in [0.25, 0.3) is 0 Å². The van der Waals surface area contributed by atoms with Crippen molar-refractivity contribution < 1.29 is 4.39 Å². The third-order valence-electron chi connectivity index (χ3n) is 1.42. The van der Waals surface area contributed by atoms with Crippen LogP contribution in [0.1, 0.15) is 5.56 Å². The Balaban J connectivity index is 2.36. The molecule has 0 amide bonds. The van der Waals surface area contributed by atoms with Crippen molar-refractivity contribution in [2.24, 2.45) is 10.2 Å². The lowest BCUT2D eigenvalue weighted by atomic mass is 10.2. The maximum Gasteiger partial charge on any atom is 0.354 e. The van der Waals surface area contributed by atoms with Gasteiger partial charge in [0.15, 0.2) is 0 Å². The van der Waals surface area contributed by atoms with Crippen LogP contribution in [0, 0.1) is 0 Å². The van der Waals surface area contributed by atoms with E-state index in [0.29, 0.717) is 5.56 Å². The first-order valence-electron chi connectivity index (χ1n) is 3.00. The van der Waals surface area contributed by atoms with Crippen molar-refractivity contribution in [2.45, 2.75) is 5.92 Å². The Morgan fingerprint density at radius 1 is 1.10 bits per heavy atom. The molecule has 1 aromatic carbocycles. The molecule has 0 aliphatic carbocycles. The second-order valence-electron chi connectivity index (χ2n) is 2.15. The molecule has 1 heterocycles. The van der Waals surface area contributed by atoms with Crippen LogP contribution in [0.2, 0.25) is 0 Å². The zero-order valence-electron chi connectivity index (χ0n) is 5.16. The SMILES string of the molecule is FC1(c2ccccc2)N=N1. The fourth-order valence-electron chi connectivity index (χ4n) is 0.810. The Bertz CT molecular complexity index is 262. The molecule has 0 aromatic heterocycles. The second kappa shape index (κ2) is 1.62. The van der Waals surface area contributed by atoms with Gasteiger partial charge in [0, 0.05) is 5.56 Å². The topological polar surface area (TPSA) is 24.7 Å². The fourth-order valence-corrected chi connectivity index (χ4v) is 0.810. The highest BCUT2D eigenvalue weighted by Crippen LogP contribution is 2.40. The van der Waals surface area contributed by atoms with Gasteiger partial charge in [-0.25, -0.2) is 0 Å². The van der Waals surface area contributed by atoms with Crippen LogP contribution in [0.5, 0.6) is 0 Å². The molecule has 0 N–H and O–H groups in total. The minimum atomic E-state index is -1.71. The normalized spacial score (nSPS) is 18.9. The third-order valence-corrected chi connectivity index (χ3v) is 1.42. The van der Waals surface area contributed by atoms with Crippen LogP contribution in [-0.4, -0.2) is 0 Å². The van der Waals surface area contributed by atoms with Gasteiger partial charge in [-0.3, -0.25) is 0 Å². The second-order valence-corrected chi connectivity index (χ2v) is 2.15. The van der Waals surface area contributed by atoms with Gasteiger partial charge in [-0.2, -0.15) is 4.39 Å². The smallest absolute Gasteiger partial charge is 0.182 e. The zero-order chi connectivity index (χ0) is 7.03. The van der Waals surface area contributed by atoms with Crippen molar-refractivity contribution in [1.29, 1.82) is 0 Å². The third kappa shape index (κ3) is 0.708. The number of alkyl halides is 1. The average molecular weight is 136 g/mol. The highest BCUT2D eigenvalue weighted by Gasteiger charge is 2.41. The summed E-state index contributed by atoms with van der Waals surface area (Å²) >= 11 is 0. The van der Waals surface area contributed by atoms with Crippen LogP contribution in [-0.2, 0) is 5.92 Å². The summed E-state index contributed by atoms with van der Waals surface area (Å²) in [7, 11) is 0. The molecule has 0 saturated carbocycles. The van der Waals surface area contributed by atoms with E-state index in [0.717, 1.165) is 0 Å². The molecule has 3 heteroatoms. The molecule has 0 radical (unpaired) electrons. The highest BCUT2D eigenvalue weighted by atomic mass is 19.2. The summed E-state index contributed by atoms with van der Waals surface area (Å²) in [4.78, 5) is 0. The van der Waals surface area contributed by atoms with E-state index < -0.39 is 5.92 Å². The summed E-state index contributed by atoms with van der Waals surface area (Å²) < 4.78 is 12.9. The van der Waals surface area contributed by atoms with Crippen LogP contribution in [0.15, 0.2) is 40.6 Å². The van der Waals surface area contributed by atoms with E-state index in [-0.39, 0.29) is 0 Å². The molecule has 2 nitrogen and oxygen atoms in total. The minimum Gasteiger partial charge on any atom is -0.182 e. The number of rotatable bonds is 1. The van der Waals surface area contributed by atoms with Crippen LogP contribution < -0.4 is 0 Å². The highest BCUT2D eigenvalue weighted by molar-refractivity contribution is 5.23. The predicted molar refractivity (Wildman–Crippen MR) is 34.1 cm³/mol. The van der Waals surface area contributed by atoms with Gasteiger partial charge in [0.1, 0.15) is 0 Å². The van der Waals surface area contributed by atoms with Crippen molar-refractivity contribution in [2.75, 3.05) is 0 Å². The van der Waals surface area contributed by atoms with Gasteiger partial charge in [0.05, 0.1) is 0 Å². The van der Waals surface area contributed by atoms with Gasteiger partial charge >= 0.3 is 5.92 Å². The van der Waals surface area contributed by atoms with Gasteiger partial charge in [-0.05, 0) is 0 Å². The van der Waals surface area contributed by atoms with Gasteiger partial charge in [0.25, 0.3) is 0 Å². The van der Waals surface area contributed by atoms with E-state index in [1.165, 1.54) is 0 Å². The Kier molecular flexibility index (Phi) is 0.897. The van der Waals surface area contributed by atoms with Crippen molar-refractivity contribution in [3.63, 3.8) is 0 Å². The molecule has 0 saturated heterocycles. The van der Waals surface area contributed by atoms with Gasteiger partial charge in [-0.15, -0.1) is 10.2 Å². The lowest BCUT2D eigenvalue weighted by molar-refractivity contribution is 0.290. The van der Waals surface area contributed by atoms with E-state index in [9.17, 15) is 4.39 Å². The number of halogens is 1. The first-order chi connectivity index (χ1) is 4.81. The van der Waals surface area contributed by atoms with Crippen LogP contribution in [0.4, 0.5) is 4.39 Å². The molecule has 2 rings (SSSR count). The van der Waals surface area contributed by atoms with Crippen LogP contribution >= 0.6 is 0 Å². The number of hydrogen-bond acceptors (Lipinski definition) is 2. The van der Waals surface area contributed by atoms with Gasteiger partial charge < -0.3 is 0 Å². The molecule has 0 bridgehead atoms. The quantitative estimate of drug-likeness (QED) is 0.529. The fraction of sp³-hybridized carbons (Fsp3) is 0.143. The first kappa shape index (κ1) is 5.53. The van der Waals surface area contributed by atoms with E-state index in [1.807, 2.05) is 6.07 Å². The van der Waals surface area contributed by atoms with E-state index in [4.69, 9.17) is 0 Å². The zero-order valence-corrected chi connectivity index (χ0v) is 5.16. The van der Waals surface area contributed by atoms with Crippen molar-refractivity contribution in [3.8, 4) is 0 Å². The van der Waals surface area contributed by atoms with Gasteiger partial charge in [-0.1, -0.05) is 30.3 Å². The predicted octanol–water partition coefficient (Wildman–Crippen LogP) is 2.23. The number of hydrogen-bond donors (Lipinski definition) is 0. The molecule has 0 fully saturated rings. The van der Waals surface area contributed by atoms with Crippen molar-refractivity contribution in [1.82, 2.24) is 0 Å². The Labute approximate surface area is 57.4 Å². The number of benzene rings is 1. The largest absolute Gasteiger partial charge is 0.354 e. The van der Waals surface area contributed by atoms with Crippen LogP contribution in [0.3, 0.4) is 0 Å². The Morgan fingerprint density at radius 3 is 2.20 bits per heavy atom. The molecule has 10 heavy (non-hydrogen) atoms. The summed E-state index contributed by atoms with van der Waals surface area (Å²) in [6.07, 6.45) is 0. The maximum absolute atomic E-state index is 12.9. The molecule has 0 atom stereocenters. The van der Waals surface area contributed by atoms with E-state index in [2.05, 4.69) is 10.2 Å². The lowest BCUT2D eigenvalue weighted by Crippen LogP contribution is -1.97. The minimum absolute atomic E-state index is 0.509. The molecule has 0 unspecified atom stereocenters. The summed E-state index contributed by atoms with van der Waals surface area (Å²) in [5.41, 5.74) is 0.509. The summed E-state index contributed by atoms with van der Waals surface area (Å²) in [6.45, 7) is 0. The van der Waals surface area contributed by atoms with E-state index in [1.54, 1.807) is 24.3 Å².